The number of ether oxygens (including phenoxy) is 3. The largest absolute Gasteiger partial charge is 0.497 e. The summed E-state index contributed by atoms with van der Waals surface area (Å²) < 4.78 is 16.6. The molecule has 0 spiro atoms. The molecule has 1 saturated carbocycles. The maximum absolute atomic E-state index is 5.70. The Morgan fingerprint density at radius 3 is 2.62 bits per heavy atom. The molecule has 2 fully saturated rings. The first-order chi connectivity index (χ1) is 14.3. The van der Waals surface area contributed by atoms with Gasteiger partial charge in [0.25, 0.3) is 0 Å². The Hall–Kier alpha value is -1.83. The Morgan fingerprint density at radius 2 is 1.97 bits per heavy atom. The number of nitrogens with zero attached hydrogens (tertiary/aromatic N) is 2. The quantitative estimate of drug-likeness (QED) is 0.334. The molecule has 7 heteroatoms. The Bertz CT molecular complexity index is 613. The summed E-state index contributed by atoms with van der Waals surface area (Å²) in [6.07, 6.45) is 3.67. The number of hydrogen-bond acceptors (Lipinski definition) is 5. The van der Waals surface area contributed by atoms with Gasteiger partial charge in [-0.25, -0.2) is 0 Å². The van der Waals surface area contributed by atoms with Crippen molar-refractivity contribution in [2.75, 3.05) is 66.8 Å². The molecule has 1 saturated heterocycles. The van der Waals surface area contributed by atoms with Crippen LogP contribution in [0.3, 0.4) is 0 Å². The van der Waals surface area contributed by atoms with E-state index in [2.05, 4.69) is 32.7 Å². The lowest BCUT2D eigenvalue weighted by molar-refractivity contribution is 0.0170. The highest BCUT2D eigenvalue weighted by molar-refractivity contribution is 5.79. The van der Waals surface area contributed by atoms with Crippen molar-refractivity contribution in [2.45, 2.75) is 25.3 Å². The number of guanidine groups is 1. The van der Waals surface area contributed by atoms with E-state index < -0.39 is 0 Å². The van der Waals surface area contributed by atoms with E-state index in [0.717, 1.165) is 76.7 Å². The van der Waals surface area contributed by atoms with Crippen molar-refractivity contribution in [1.29, 1.82) is 0 Å². The Morgan fingerprint density at radius 1 is 1.21 bits per heavy atom. The fourth-order valence-corrected chi connectivity index (χ4v) is 3.50. The summed E-state index contributed by atoms with van der Waals surface area (Å²) in [6.45, 7) is 6.80. The standard InChI is InChI=1S/C22H36N4O3/c1-23-22(24-10-3-13-29-17-18-4-5-18)25-16-21(26-11-14-28-15-12-26)19-6-8-20(27-2)9-7-19/h6-9,18,21H,3-5,10-17H2,1-2H3,(H2,23,24,25). The van der Waals surface area contributed by atoms with E-state index in [9.17, 15) is 0 Å². The van der Waals surface area contributed by atoms with Crippen LogP contribution < -0.4 is 15.4 Å². The minimum absolute atomic E-state index is 0.255. The van der Waals surface area contributed by atoms with E-state index in [0.29, 0.717) is 0 Å². The van der Waals surface area contributed by atoms with E-state index in [-0.39, 0.29) is 6.04 Å². The third-order valence-electron chi connectivity index (χ3n) is 5.48. The summed E-state index contributed by atoms with van der Waals surface area (Å²) in [4.78, 5) is 6.84. The van der Waals surface area contributed by atoms with Crippen LogP contribution >= 0.6 is 0 Å². The molecule has 29 heavy (non-hydrogen) atoms. The molecule has 0 amide bonds. The fraction of sp³-hybridized carbons (Fsp3) is 0.682. The summed E-state index contributed by atoms with van der Waals surface area (Å²) >= 11 is 0. The van der Waals surface area contributed by atoms with Crippen LogP contribution in [0.2, 0.25) is 0 Å². The molecule has 7 nitrogen and oxygen atoms in total. The molecule has 0 radical (unpaired) electrons. The van der Waals surface area contributed by atoms with E-state index >= 15 is 0 Å². The van der Waals surface area contributed by atoms with Crippen molar-refractivity contribution in [3.8, 4) is 5.75 Å². The molecule has 1 aliphatic heterocycles. The van der Waals surface area contributed by atoms with Gasteiger partial charge in [-0.3, -0.25) is 9.89 Å². The summed E-state index contributed by atoms with van der Waals surface area (Å²) in [7, 11) is 3.51. The SMILES string of the molecule is CN=C(NCCCOCC1CC1)NCC(c1ccc(OC)cc1)N1CCOCC1. The van der Waals surface area contributed by atoms with E-state index in [1.165, 1.54) is 18.4 Å². The minimum atomic E-state index is 0.255. The second-order valence-corrected chi connectivity index (χ2v) is 7.69. The molecule has 3 rings (SSSR count). The van der Waals surface area contributed by atoms with Gasteiger partial charge in [-0.1, -0.05) is 12.1 Å². The first-order valence-electron chi connectivity index (χ1n) is 10.8. The van der Waals surface area contributed by atoms with Gasteiger partial charge in [0, 0.05) is 46.4 Å². The molecular weight excluding hydrogens is 368 g/mol. The number of benzene rings is 1. The molecular formula is C22H36N4O3. The van der Waals surface area contributed by atoms with Crippen molar-refractivity contribution in [2.24, 2.45) is 10.9 Å². The van der Waals surface area contributed by atoms with Crippen LogP contribution in [-0.2, 0) is 9.47 Å². The van der Waals surface area contributed by atoms with Gasteiger partial charge in [0.05, 0.1) is 26.4 Å². The second kappa shape index (κ2) is 12.0. The van der Waals surface area contributed by atoms with Crippen molar-refractivity contribution >= 4 is 5.96 Å². The van der Waals surface area contributed by atoms with Gasteiger partial charge in [-0.2, -0.15) is 0 Å². The van der Waals surface area contributed by atoms with Gasteiger partial charge >= 0.3 is 0 Å². The van der Waals surface area contributed by atoms with E-state index in [4.69, 9.17) is 14.2 Å². The number of rotatable bonds is 11. The van der Waals surface area contributed by atoms with Gasteiger partial charge < -0.3 is 24.8 Å². The van der Waals surface area contributed by atoms with Gasteiger partial charge in [-0.15, -0.1) is 0 Å². The highest BCUT2D eigenvalue weighted by Crippen LogP contribution is 2.28. The molecule has 1 unspecified atom stereocenters. The fourth-order valence-electron chi connectivity index (χ4n) is 3.50. The Kier molecular flexibility index (Phi) is 9.05. The van der Waals surface area contributed by atoms with Crippen LogP contribution in [0.15, 0.2) is 29.3 Å². The highest BCUT2D eigenvalue weighted by atomic mass is 16.5. The lowest BCUT2D eigenvalue weighted by atomic mass is 10.0. The molecule has 1 atom stereocenters. The zero-order valence-electron chi connectivity index (χ0n) is 17.9. The number of hydrogen-bond donors (Lipinski definition) is 2. The third-order valence-corrected chi connectivity index (χ3v) is 5.48. The average Bonchev–Trinajstić information content (AvgIpc) is 3.60. The lowest BCUT2D eigenvalue weighted by Gasteiger charge is -2.35. The molecule has 0 aromatic heterocycles. The summed E-state index contributed by atoms with van der Waals surface area (Å²) in [5.41, 5.74) is 1.27. The van der Waals surface area contributed by atoms with Crippen LogP contribution in [0, 0.1) is 5.92 Å². The summed E-state index contributed by atoms with van der Waals surface area (Å²) in [5, 5.41) is 6.89. The highest BCUT2D eigenvalue weighted by Gasteiger charge is 2.23. The summed E-state index contributed by atoms with van der Waals surface area (Å²) in [6, 6.07) is 8.60. The van der Waals surface area contributed by atoms with Crippen LogP contribution in [0.25, 0.3) is 0 Å². The van der Waals surface area contributed by atoms with E-state index in [1.54, 1.807) is 7.11 Å². The predicted octanol–water partition coefficient (Wildman–Crippen LogP) is 2.05. The number of nitrogens with one attached hydrogen (secondary N) is 2. The first-order valence-corrected chi connectivity index (χ1v) is 10.8. The topological polar surface area (TPSA) is 67.4 Å². The number of aliphatic imine (C=N–C) groups is 1. The monoisotopic (exact) mass is 404 g/mol. The van der Waals surface area contributed by atoms with Crippen molar-refractivity contribution in [1.82, 2.24) is 15.5 Å². The van der Waals surface area contributed by atoms with Crippen molar-refractivity contribution < 1.29 is 14.2 Å². The van der Waals surface area contributed by atoms with Gasteiger partial charge in [0.2, 0.25) is 0 Å². The zero-order valence-corrected chi connectivity index (χ0v) is 17.9. The maximum atomic E-state index is 5.70. The molecule has 1 aromatic carbocycles. The maximum Gasteiger partial charge on any atom is 0.191 e. The van der Waals surface area contributed by atoms with Gasteiger partial charge in [0.1, 0.15) is 5.75 Å². The first kappa shape index (κ1) is 21.9. The molecule has 1 heterocycles. The normalized spacial score (nSPS) is 19.0. The number of morpholine rings is 1. The average molecular weight is 405 g/mol. The van der Waals surface area contributed by atoms with Gasteiger partial charge in [-0.05, 0) is 42.9 Å². The molecule has 1 aromatic rings. The molecule has 2 aliphatic rings. The van der Waals surface area contributed by atoms with Crippen molar-refractivity contribution in [3.05, 3.63) is 29.8 Å². The smallest absolute Gasteiger partial charge is 0.191 e. The zero-order chi connectivity index (χ0) is 20.3. The molecule has 0 bridgehead atoms. The molecule has 1 aliphatic carbocycles. The van der Waals surface area contributed by atoms with Crippen LogP contribution in [-0.4, -0.2) is 77.6 Å². The Balaban J connectivity index is 1.47. The van der Waals surface area contributed by atoms with E-state index in [1.807, 2.05) is 19.2 Å². The third kappa shape index (κ3) is 7.49. The predicted molar refractivity (Wildman–Crippen MR) is 116 cm³/mol. The van der Waals surface area contributed by atoms with Crippen LogP contribution in [0.1, 0.15) is 30.9 Å². The van der Waals surface area contributed by atoms with Crippen LogP contribution in [0.4, 0.5) is 0 Å². The Labute approximate surface area is 174 Å². The van der Waals surface area contributed by atoms with Crippen LogP contribution in [0.5, 0.6) is 5.75 Å². The lowest BCUT2D eigenvalue weighted by Crippen LogP contribution is -2.46. The molecule has 162 valence electrons. The summed E-state index contributed by atoms with van der Waals surface area (Å²) in [5.74, 6) is 2.54. The minimum Gasteiger partial charge on any atom is -0.497 e. The van der Waals surface area contributed by atoms with Crippen molar-refractivity contribution in [3.63, 3.8) is 0 Å². The number of methoxy groups -OCH3 is 1. The second-order valence-electron chi connectivity index (χ2n) is 7.69. The van der Waals surface area contributed by atoms with Gasteiger partial charge in [0.15, 0.2) is 5.96 Å². The molecule has 2 N–H and O–H groups in total.